The number of pyridine rings is 1. The summed E-state index contributed by atoms with van der Waals surface area (Å²) >= 11 is 0. The van der Waals surface area contributed by atoms with Gasteiger partial charge in [0.1, 0.15) is 11.9 Å². The van der Waals surface area contributed by atoms with Gasteiger partial charge in [-0.15, -0.1) is 0 Å². The zero-order valence-electron chi connectivity index (χ0n) is 14.9. The normalized spacial score (nSPS) is 15.8. The van der Waals surface area contributed by atoms with Gasteiger partial charge in [-0.2, -0.15) is 5.10 Å². The number of aromatic nitrogens is 3. The average molecular weight is 342 g/mol. The van der Waals surface area contributed by atoms with Crippen LogP contribution in [0.4, 0.5) is 5.82 Å². The Morgan fingerprint density at radius 2 is 2.04 bits per heavy atom. The number of anilines is 1. The molecule has 25 heavy (non-hydrogen) atoms. The Bertz CT molecular complexity index is 690. The maximum absolute atomic E-state index is 12.4. The lowest BCUT2D eigenvalue weighted by atomic mass is 10.1. The molecule has 1 amide bonds. The van der Waals surface area contributed by atoms with Crippen molar-refractivity contribution in [3.63, 3.8) is 0 Å². The summed E-state index contributed by atoms with van der Waals surface area (Å²) in [5.74, 6) is 0.953. The van der Waals surface area contributed by atoms with Crippen molar-refractivity contribution >= 4 is 11.7 Å². The molecule has 134 valence electrons. The van der Waals surface area contributed by atoms with Gasteiger partial charge in [-0.3, -0.25) is 9.48 Å². The highest BCUT2D eigenvalue weighted by atomic mass is 16.2. The monoisotopic (exact) mass is 342 g/mol. The topological polar surface area (TPSA) is 75.1 Å². The SMILES string of the molecule is CNC(C(=O)NCc1ccc(N2CCCCC2)nc1)c1cnn(C)c1. The highest BCUT2D eigenvalue weighted by Gasteiger charge is 2.19. The number of nitrogens with zero attached hydrogens (tertiary/aromatic N) is 4. The lowest BCUT2D eigenvalue weighted by Gasteiger charge is -2.27. The predicted octanol–water partition coefficient (Wildman–Crippen LogP) is 1.38. The van der Waals surface area contributed by atoms with Crippen molar-refractivity contribution in [2.24, 2.45) is 7.05 Å². The molecule has 7 nitrogen and oxygen atoms in total. The van der Waals surface area contributed by atoms with Gasteiger partial charge in [0.2, 0.25) is 5.91 Å². The van der Waals surface area contributed by atoms with Gasteiger partial charge in [0.05, 0.1) is 6.20 Å². The molecule has 2 aromatic heterocycles. The molecule has 0 bridgehead atoms. The summed E-state index contributed by atoms with van der Waals surface area (Å²) in [5.41, 5.74) is 1.84. The average Bonchev–Trinajstić information content (AvgIpc) is 3.08. The number of rotatable bonds is 6. The Morgan fingerprint density at radius 1 is 1.24 bits per heavy atom. The van der Waals surface area contributed by atoms with Crippen LogP contribution in [0.25, 0.3) is 0 Å². The maximum Gasteiger partial charge on any atom is 0.242 e. The highest BCUT2D eigenvalue weighted by molar-refractivity contribution is 5.83. The van der Waals surface area contributed by atoms with Crippen molar-refractivity contribution in [2.45, 2.75) is 31.8 Å². The van der Waals surface area contributed by atoms with Gasteiger partial charge in [-0.05, 0) is 37.9 Å². The summed E-state index contributed by atoms with van der Waals surface area (Å²) in [6, 6.07) is 3.67. The number of hydrogen-bond acceptors (Lipinski definition) is 5. The summed E-state index contributed by atoms with van der Waals surface area (Å²) in [6.45, 7) is 2.63. The van der Waals surface area contributed by atoms with Crippen LogP contribution in [0.2, 0.25) is 0 Å². The lowest BCUT2D eigenvalue weighted by Crippen LogP contribution is -2.35. The Morgan fingerprint density at radius 3 is 2.64 bits per heavy atom. The number of hydrogen-bond donors (Lipinski definition) is 2. The number of likely N-dealkylation sites (N-methyl/N-ethyl adjacent to an activating group) is 1. The Balaban J connectivity index is 1.56. The summed E-state index contributed by atoms with van der Waals surface area (Å²) < 4.78 is 1.69. The van der Waals surface area contributed by atoms with E-state index in [1.807, 2.05) is 31.6 Å². The van der Waals surface area contributed by atoms with Gasteiger partial charge >= 0.3 is 0 Å². The molecular weight excluding hydrogens is 316 g/mol. The fourth-order valence-electron chi connectivity index (χ4n) is 3.16. The van der Waals surface area contributed by atoms with Crippen molar-refractivity contribution in [3.8, 4) is 0 Å². The van der Waals surface area contributed by atoms with E-state index >= 15 is 0 Å². The van der Waals surface area contributed by atoms with E-state index in [-0.39, 0.29) is 5.91 Å². The van der Waals surface area contributed by atoms with E-state index in [0.29, 0.717) is 6.54 Å². The van der Waals surface area contributed by atoms with Crippen LogP contribution >= 0.6 is 0 Å². The summed E-state index contributed by atoms with van der Waals surface area (Å²) in [6.07, 6.45) is 9.18. The van der Waals surface area contributed by atoms with E-state index in [9.17, 15) is 4.79 Å². The minimum atomic E-state index is -0.408. The third-order valence-corrected chi connectivity index (χ3v) is 4.56. The quantitative estimate of drug-likeness (QED) is 0.830. The van der Waals surface area contributed by atoms with Gasteiger partial charge in [0.15, 0.2) is 0 Å². The van der Waals surface area contributed by atoms with Crippen molar-refractivity contribution < 1.29 is 4.79 Å². The predicted molar refractivity (Wildman–Crippen MR) is 97.2 cm³/mol. The van der Waals surface area contributed by atoms with Crippen LogP contribution < -0.4 is 15.5 Å². The summed E-state index contributed by atoms with van der Waals surface area (Å²) in [4.78, 5) is 19.3. The third kappa shape index (κ3) is 4.36. The Hall–Kier alpha value is -2.41. The number of piperidine rings is 1. The second-order valence-electron chi connectivity index (χ2n) is 6.46. The molecule has 1 unspecified atom stereocenters. The molecule has 1 aliphatic heterocycles. The molecule has 1 aliphatic rings. The van der Waals surface area contributed by atoms with Crippen molar-refractivity contribution in [1.82, 2.24) is 25.4 Å². The second kappa shape index (κ2) is 8.11. The molecular formula is C18H26N6O. The largest absolute Gasteiger partial charge is 0.357 e. The number of aryl methyl sites for hydroxylation is 1. The first kappa shape index (κ1) is 17.4. The van der Waals surface area contributed by atoms with E-state index in [0.717, 1.165) is 30.0 Å². The summed E-state index contributed by atoms with van der Waals surface area (Å²) in [7, 11) is 3.61. The first-order valence-corrected chi connectivity index (χ1v) is 8.81. The molecule has 0 saturated carbocycles. The molecule has 1 fully saturated rings. The van der Waals surface area contributed by atoms with Crippen molar-refractivity contribution in [1.29, 1.82) is 0 Å². The zero-order valence-corrected chi connectivity index (χ0v) is 14.9. The molecule has 7 heteroatoms. The van der Waals surface area contributed by atoms with Crippen molar-refractivity contribution in [2.75, 3.05) is 25.0 Å². The highest BCUT2D eigenvalue weighted by Crippen LogP contribution is 2.17. The van der Waals surface area contributed by atoms with Crippen LogP contribution in [0.1, 0.15) is 36.4 Å². The molecule has 3 rings (SSSR count). The first-order chi connectivity index (χ1) is 12.2. The first-order valence-electron chi connectivity index (χ1n) is 8.81. The molecule has 3 heterocycles. The van der Waals surface area contributed by atoms with Crippen LogP contribution in [-0.4, -0.2) is 40.8 Å². The molecule has 1 atom stereocenters. The fourth-order valence-corrected chi connectivity index (χ4v) is 3.16. The standard InChI is InChI=1S/C18H26N6O/c1-19-17(15-12-22-23(2)13-15)18(25)21-11-14-6-7-16(20-10-14)24-8-4-3-5-9-24/h6-7,10,12-13,17,19H,3-5,8-9,11H2,1-2H3,(H,21,25). The Kier molecular flexibility index (Phi) is 5.65. The minimum absolute atomic E-state index is 0.0735. The number of nitrogens with one attached hydrogen (secondary N) is 2. The Labute approximate surface area is 148 Å². The zero-order chi connectivity index (χ0) is 17.6. The van der Waals surface area contributed by atoms with Gasteiger partial charge in [-0.1, -0.05) is 6.07 Å². The van der Waals surface area contributed by atoms with Gasteiger partial charge in [0.25, 0.3) is 0 Å². The smallest absolute Gasteiger partial charge is 0.242 e. The van der Waals surface area contributed by atoms with Crippen LogP contribution in [0.15, 0.2) is 30.7 Å². The fraction of sp³-hybridized carbons (Fsp3) is 0.500. The molecule has 0 radical (unpaired) electrons. The minimum Gasteiger partial charge on any atom is -0.357 e. The van der Waals surface area contributed by atoms with E-state index in [1.165, 1.54) is 19.3 Å². The molecule has 0 spiro atoms. The van der Waals surface area contributed by atoms with Crippen LogP contribution in [-0.2, 0) is 18.4 Å². The number of carbonyl (C=O) groups is 1. The van der Waals surface area contributed by atoms with Crippen LogP contribution in [0.5, 0.6) is 0 Å². The lowest BCUT2D eigenvalue weighted by molar-refractivity contribution is -0.123. The van der Waals surface area contributed by atoms with Crippen LogP contribution in [0.3, 0.4) is 0 Å². The molecule has 0 aromatic carbocycles. The van der Waals surface area contributed by atoms with Gasteiger partial charge < -0.3 is 15.5 Å². The van der Waals surface area contributed by atoms with E-state index < -0.39 is 6.04 Å². The van der Waals surface area contributed by atoms with Gasteiger partial charge in [-0.25, -0.2) is 4.98 Å². The van der Waals surface area contributed by atoms with E-state index in [1.54, 1.807) is 17.9 Å². The van der Waals surface area contributed by atoms with Crippen molar-refractivity contribution in [3.05, 3.63) is 41.9 Å². The van der Waals surface area contributed by atoms with Gasteiger partial charge in [0, 0.05) is 44.6 Å². The maximum atomic E-state index is 12.4. The van der Waals surface area contributed by atoms with E-state index in [2.05, 4.69) is 25.6 Å². The molecule has 0 aliphatic carbocycles. The summed E-state index contributed by atoms with van der Waals surface area (Å²) in [5, 5.41) is 10.1. The molecule has 2 aromatic rings. The van der Waals surface area contributed by atoms with E-state index in [4.69, 9.17) is 0 Å². The second-order valence-corrected chi connectivity index (χ2v) is 6.46. The third-order valence-electron chi connectivity index (χ3n) is 4.56. The molecule has 1 saturated heterocycles. The number of carbonyl (C=O) groups excluding carboxylic acids is 1. The number of amides is 1. The molecule has 2 N–H and O–H groups in total. The van der Waals surface area contributed by atoms with Crippen LogP contribution in [0, 0.1) is 0 Å².